The van der Waals surface area contributed by atoms with Crippen molar-refractivity contribution in [3.63, 3.8) is 0 Å². The molecule has 0 amide bonds. The van der Waals surface area contributed by atoms with Crippen LogP contribution in [0.15, 0.2) is 12.3 Å². The monoisotopic (exact) mass is 289 g/mol. The molecule has 0 saturated carbocycles. The minimum absolute atomic E-state index is 0.849. The molecule has 1 fully saturated rings. The molecule has 114 valence electrons. The van der Waals surface area contributed by atoms with Gasteiger partial charge < -0.3 is 10.1 Å². The molecule has 1 N–H and O–H groups in total. The molecule has 21 heavy (non-hydrogen) atoms. The summed E-state index contributed by atoms with van der Waals surface area (Å²) in [6.07, 6.45) is 1.94. The molecule has 2 aromatic rings. The first-order chi connectivity index (χ1) is 10.2. The Bertz CT molecular complexity index is 603. The van der Waals surface area contributed by atoms with Crippen molar-refractivity contribution in [2.45, 2.75) is 13.5 Å². The molecule has 0 atom stereocenters. The second-order valence-electron chi connectivity index (χ2n) is 5.55. The minimum Gasteiger partial charge on any atom is -0.379 e. The number of pyridine rings is 1. The number of hydrogen-bond acceptors (Lipinski definition) is 5. The van der Waals surface area contributed by atoms with Crippen LogP contribution in [0, 0.1) is 6.92 Å². The number of rotatable bonds is 5. The highest BCUT2D eigenvalue weighted by molar-refractivity contribution is 5.78. The molecular weight excluding hydrogens is 266 g/mol. The summed E-state index contributed by atoms with van der Waals surface area (Å²) in [4.78, 5) is 6.94. The molecule has 3 rings (SSSR count). The molecule has 1 aliphatic heterocycles. The van der Waals surface area contributed by atoms with E-state index in [1.807, 2.05) is 24.9 Å². The van der Waals surface area contributed by atoms with Gasteiger partial charge in [-0.15, -0.1) is 0 Å². The van der Waals surface area contributed by atoms with Crippen molar-refractivity contribution in [2.24, 2.45) is 7.05 Å². The molecule has 0 aromatic carbocycles. The van der Waals surface area contributed by atoms with Crippen LogP contribution in [0.25, 0.3) is 11.0 Å². The van der Waals surface area contributed by atoms with Crippen LogP contribution >= 0.6 is 0 Å². The first-order valence-electron chi connectivity index (χ1n) is 7.53. The Balaban J connectivity index is 1.52. The second-order valence-corrected chi connectivity index (χ2v) is 5.55. The van der Waals surface area contributed by atoms with E-state index in [0.717, 1.165) is 62.7 Å². The van der Waals surface area contributed by atoms with E-state index in [1.165, 1.54) is 5.56 Å². The van der Waals surface area contributed by atoms with Gasteiger partial charge in [-0.25, -0.2) is 4.98 Å². The number of hydrogen-bond donors (Lipinski definition) is 1. The number of aromatic nitrogens is 3. The fourth-order valence-corrected chi connectivity index (χ4v) is 2.74. The van der Waals surface area contributed by atoms with Gasteiger partial charge in [0.1, 0.15) is 0 Å². The van der Waals surface area contributed by atoms with Crippen molar-refractivity contribution in [2.75, 3.05) is 39.4 Å². The van der Waals surface area contributed by atoms with Gasteiger partial charge in [0, 0.05) is 51.4 Å². The maximum atomic E-state index is 5.35. The predicted molar refractivity (Wildman–Crippen MR) is 82.2 cm³/mol. The zero-order valence-electron chi connectivity index (χ0n) is 12.8. The summed E-state index contributed by atoms with van der Waals surface area (Å²) in [7, 11) is 1.93. The van der Waals surface area contributed by atoms with Gasteiger partial charge in [0.2, 0.25) is 0 Å². The van der Waals surface area contributed by atoms with E-state index in [1.54, 1.807) is 0 Å². The summed E-state index contributed by atoms with van der Waals surface area (Å²) in [5, 5.41) is 9.04. The molecular formula is C15H23N5O. The van der Waals surface area contributed by atoms with E-state index in [0.29, 0.717) is 0 Å². The van der Waals surface area contributed by atoms with Crippen LogP contribution in [0.1, 0.15) is 11.3 Å². The van der Waals surface area contributed by atoms with Crippen LogP contribution in [0.4, 0.5) is 0 Å². The van der Waals surface area contributed by atoms with Crippen LogP contribution in [-0.4, -0.2) is 59.1 Å². The van der Waals surface area contributed by atoms with Gasteiger partial charge in [-0.1, -0.05) is 0 Å². The Hall–Kier alpha value is -1.50. The van der Waals surface area contributed by atoms with Crippen LogP contribution < -0.4 is 5.32 Å². The lowest BCUT2D eigenvalue weighted by Gasteiger charge is -2.26. The molecule has 6 heteroatoms. The molecule has 0 radical (unpaired) electrons. The lowest BCUT2D eigenvalue weighted by atomic mass is 10.2. The van der Waals surface area contributed by atoms with Gasteiger partial charge in [-0.2, -0.15) is 5.10 Å². The Kier molecular flexibility index (Phi) is 4.48. The highest BCUT2D eigenvalue weighted by Crippen LogP contribution is 2.16. The zero-order chi connectivity index (χ0) is 14.7. The van der Waals surface area contributed by atoms with Crippen molar-refractivity contribution in [1.82, 2.24) is 25.0 Å². The quantitative estimate of drug-likeness (QED) is 0.821. The summed E-state index contributed by atoms with van der Waals surface area (Å²) in [6, 6.07) is 2.19. The average Bonchev–Trinajstić information content (AvgIpc) is 2.79. The molecule has 0 spiro atoms. The fourth-order valence-electron chi connectivity index (χ4n) is 2.74. The Morgan fingerprint density at radius 3 is 2.95 bits per heavy atom. The third-order valence-corrected chi connectivity index (χ3v) is 3.96. The summed E-state index contributed by atoms with van der Waals surface area (Å²) in [6.45, 7) is 8.76. The fraction of sp³-hybridized carbons (Fsp3) is 0.600. The lowest BCUT2D eigenvalue weighted by molar-refractivity contribution is 0.0384. The Morgan fingerprint density at radius 2 is 2.14 bits per heavy atom. The SMILES string of the molecule is Cc1nn(C)c2ncc(CNCCN3CCOCC3)cc12. The number of morpholine rings is 1. The van der Waals surface area contributed by atoms with E-state index in [4.69, 9.17) is 4.74 Å². The molecule has 0 unspecified atom stereocenters. The van der Waals surface area contributed by atoms with Gasteiger partial charge in [-0.3, -0.25) is 9.58 Å². The van der Waals surface area contributed by atoms with Crippen molar-refractivity contribution in [3.8, 4) is 0 Å². The van der Waals surface area contributed by atoms with Gasteiger partial charge in [0.25, 0.3) is 0 Å². The van der Waals surface area contributed by atoms with Crippen molar-refractivity contribution in [1.29, 1.82) is 0 Å². The Labute approximate surface area is 125 Å². The molecule has 1 saturated heterocycles. The summed E-state index contributed by atoms with van der Waals surface area (Å²) in [5.74, 6) is 0. The van der Waals surface area contributed by atoms with E-state index < -0.39 is 0 Å². The van der Waals surface area contributed by atoms with Crippen LogP contribution in [0.5, 0.6) is 0 Å². The molecule has 6 nitrogen and oxygen atoms in total. The normalized spacial score (nSPS) is 16.7. The molecule has 3 heterocycles. The zero-order valence-corrected chi connectivity index (χ0v) is 12.8. The van der Waals surface area contributed by atoms with E-state index in [2.05, 4.69) is 26.4 Å². The van der Waals surface area contributed by atoms with E-state index in [-0.39, 0.29) is 0 Å². The first kappa shape index (κ1) is 14.4. The molecule has 0 aliphatic carbocycles. The summed E-state index contributed by atoms with van der Waals surface area (Å²) >= 11 is 0. The molecule has 2 aromatic heterocycles. The third-order valence-electron chi connectivity index (χ3n) is 3.96. The van der Waals surface area contributed by atoms with Crippen molar-refractivity contribution >= 4 is 11.0 Å². The first-order valence-corrected chi connectivity index (χ1v) is 7.53. The number of ether oxygens (including phenoxy) is 1. The standard InChI is InChI=1S/C15H23N5O/c1-12-14-9-13(11-17-15(14)19(2)18-12)10-16-3-4-20-5-7-21-8-6-20/h9,11,16H,3-8,10H2,1-2H3. The van der Waals surface area contributed by atoms with Crippen molar-refractivity contribution < 1.29 is 4.74 Å². The number of nitrogens with one attached hydrogen (secondary N) is 1. The lowest BCUT2D eigenvalue weighted by Crippen LogP contribution is -2.40. The minimum atomic E-state index is 0.849. The highest BCUT2D eigenvalue weighted by Gasteiger charge is 2.09. The molecule has 0 bridgehead atoms. The van der Waals surface area contributed by atoms with E-state index in [9.17, 15) is 0 Å². The smallest absolute Gasteiger partial charge is 0.157 e. The van der Waals surface area contributed by atoms with E-state index >= 15 is 0 Å². The van der Waals surface area contributed by atoms with Crippen LogP contribution in [0.2, 0.25) is 0 Å². The van der Waals surface area contributed by atoms with Gasteiger partial charge in [-0.05, 0) is 18.6 Å². The second kappa shape index (κ2) is 6.51. The number of fused-ring (bicyclic) bond motifs is 1. The summed E-state index contributed by atoms with van der Waals surface area (Å²) in [5.41, 5.74) is 3.19. The number of nitrogens with zero attached hydrogens (tertiary/aromatic N) is 4. The van der Waals surface area contributed by atoms with Crippen LogP contribution in [-0.2, 0) is 18.3 Å². The average molecular weight is 289 g/mol. The maximum absolute atomic E-state index is 5.35. The third kappa shape index (κ3) is 3.40. The van der Waals surface area contributed by atoms with Gasteiger partial charge in [0.05, 0.1) is 18.9 Å². The largest absolute Gasteiger partial charge is 0.379 e. The van der Waals surface area contributed by atoms with Crippen LogP contribution in [0.3, 0.4) is 0 Å². The number of aryl methyl sites for hydroxylation is 2. The van der Waals surface area contributed by atoms with Crippen molar-refractivity contribution in [3.05, 3.63) is 23.5 Å². The highest BCUT2D eigenvalue weighted by atomic mass is 16.5. The maximum Gasteiger partial charge on any atom is 0.157 e. The topological polar surface area (TPSA) is 55.2 Å². The van der Waals surface area contributed by atoms with Gasteiger partial charge >= 0.3 is 0 Å². The van der Waals surface area contributed by atoms with Gasteiger partial charge in [0.15, 0.2) is 5.65 Å². The Morgan fingerprint density at radius 1 is 1.33 bits per heavy atom. The predicted octanol–water partition coefficient (Wildman–Crippen LogP) is 0.699. The molecule has 1 aliphatic rings. The summed E-state index contributed by atoms with van der Waals surface area (Å²) < 4.78 is 7.18.